The molecule has 0 spiro atoms. The molecule has 2 fully saturated rings. The SMILES string of the molecule is Cc1cc(N2CCC(C3CNCCO3)CC2)ccc1-c1ccc2c(Cl)cc(C(N)=O)n2n1. The van der Waals surface area contributed by atoms with Gasteiger partial charge in [-0.3, -0.25) is 4.79 Å². The molecule has 3 aromatic rings. The van der Waals surface area contributed by atoms with Gasteiger partial charge in [0, 0.05) is 37.4 Å². The van der Waals surface area contributed by atoms with Gasteiger partial charge < -0.3 is 20.7 Å². The number of ether oxygens (including phenoxy) is 1. The van der Waals surface area contributed by atoms with Crippen LogP contribution in [-0.4, -0.2) is 54.4 Å². The number of nitrogens with one attached hydrogen (secondary N) is 1. The smallest absolute Gasteiger partial charge is 0.267 e. The van der Waals surface area contributed by atoms with Crippen molar-refractivity contribution in [3.8, 4) is 11.3 Å². The first-order valence-corrected chi connectivity index (χ1v) is 11.6. The lowest BCUT2D eigenvalue weighted by Crippen LogP contribution is -2.46. The highest BCUT2D eigenvalue weighted by atomic mass is 35.5. The number of carbonyl (C=O) groups is 1. The Kier molecular flexibility index (Phi) is 5.80. The molecular weight excluding hydrogens is 426 g/mol. The average molecular weight is 454 g/mol. The molecule has 32 heavy (non-hydrogen) atoms. The molecule has 2 aliphatic heterocycles. The third kappa shape index (κ3) is 3.96. The fraction of sp³-hybridized carbons (Fsp3) is 0.417. The molecule has 0 radical (unpaired) electrons. The number of nitrogens with zero attached hydrogens (tertiary/aromatic N) is 3. The molecule has 1 aromatic carbocycles. The van der Waals surface area contributed by atoms with Crippen LogP contribution in [0, 0.1) is 12.8 Å². The van der Waals surface area contributed by atoms with Gasteiger partial charge in [0.2, 0.25) is 0 Å². The van der Waals surface area contributed by atoms with Crippen molar-refractivity contribution in [2.24, 2.45) is 11.7 Å². The van der Waals surface area contributed by atoms with E-state index in [2.05, 4.69) is 40.4 Å². The van der Waals surface area contributed by atoms with E-state index >= 15 is 0 Å². The summed E-state index contributed by atoms with van der Waals surface area (Å²) < 4.78 is 7.50. The van der Waals surface area contributed by atoms with Crippen LogP contribution in [0.2, 0.25) is 5.02 Å². The molecule has 8 heteroatoms. The van der Waals surface area contributed by atoms with E-state index in [9.17, 15) is 4.79 Å². The molecule has 1 atom stereocenters. The number of aryl methyl sites for hydroxylation is 1. The van der Waals surface area contributed by atoms with Crippen molar-refractivity contribution in [3.63, 3.8) is 0 Å². The van der Waals surface area contributed by atoms with Crippen molar-refractivity contribution in [2.75, 3.05) is 37.7 Å². The van der Waals surface area contributed by atoms with Gasteiger partial charge in [0.15, 0.2) is 0 Å². The molecule has 2 aliphatic rings. The first-order valence-electron chi connectivity index (χ1n) is 11.2. The molecule has 5 rings (SSSR count). The summed E-state index contributed by atoms with van der Waals surface area (Å²) in [5.74, 6) is 0.0737. The van der Waals surface area contributed by atoms with E-state index in [0.29, 0.717) is 22.6 Å². The highest BCUT2D eigenvalue weighted by Gasteiger charge is 2.28. The van der Waals surface area contributed by atoms with Crippen molar-refractivity contribution in [1.82, 2.24) is 14.9 Å². The Bertz CT molecular complexity index is 1150. The van der Waals surface area contributed by atoms with Crippen molar-refractivity contribution in [3.05, 3.63) is 52.7 Å². The van der Waals surface area contributed by atoms with Gasteiger partial charge in [-0.1, -0.05) is 17.7 Å². The van der Waals surface area contributed by atoms with E-state index in [0.717, 1.165) is 62.4 Å². The van der Waals surface area contributed by atoms with Gasteiger partial charge in [0.1, 0.15) is 5.69 Å². The molecule has 3 N–H and O–H groups in total. The lowest BCUT2D eigenvalue weighted by Gasteiger charge is -2.38. The summed E-state index contributed by atoms with van der Waals surface area (Å²) in [6.45, 7) is 6.93. The minimum atomic E-state index is -0.554. The van der Waals surface area contributed by atoms with Crippen LogP contribution < -0.4 is 16.0 Å². The Hall–Kier alpha value is -2.61. The van der Waals surface area contributed by atoms with Crippen LogP contribution >= 0.6 is 11.6 Å². The summed E-state index contributed by atoms with van der Waals surface area (Å²) >= 11 is 6.23. The van der Waals surface area contributed by atoms with Gasteiger partial charge in [-0.05, 0) is 61.6 Å². The minimum Gasteiger partial charge on any atom is -0.375 e. The predicted molar refractivity (Wildman–Crippen MR) is 126 cm³/mol. The fourth-order valence-corrected chi connectivity index (χ4v) is 5.16. The van der Waals surface area contributed by atoms with Crippen molar-refractivity contribution < 1.29 is 9.53 Å². The molecule has 2 saturated heterocycles. The van der Waals surface area contributed by atoms with Gasteiger partial charge >= 0.3 is 0 Å². The number of aromatic nitrogens is 2. The van der Waals surface area contributed by atoms with Gasteiger partial charge in [-0.15, -0.1) is 0 Å². The van der Waals surface area contributed by atoms with Crippen LogP contribution in [-0.2, 0) is 4.74 Å². The Labute approximate surface area is 192 Å². The number of piperidine rings is 1. The third-order valence-electron chi connectivity index (χ3n) is 6.70. The normalized spacial score (nSPS) is 20.1. The monoisotopic (exact) mass is 453 g/mol. The summed E-state index contributed by atoms with van der Waals surface area (Å²) in [6.07, 6.45) is 2.65. The number of morpholine rings is 1. The number of amides is 1. The second-order valence-corrected chi connectivity index (χ2v) is 9.10. The molecule has 168 valence electrons. The topological polar surface area (TPSA) is 84.9 Å². The summed E-state index contributed by atoms with van der Waals surface area (Å²) in [7, 11) is 0. The van der Waals surface area contributed by atoms with Crippen molar-refractivity contribution in [2.45, 2.75) is 25.9 Å². The molecule has 0 bridgehead atoms. The van der Waals surface area contributed by atoms with E-state index in [4.69, 9.17) is 22.1 Å². The van der Waals surface area contributed by atoms with Crippen molar-refractivity contribution in [1.29, 1.82) is 0 Å². The molecule has 1 unspecified atom stereocenters. The fourth-order valence-electron chi connectivity index (χ4n) is 4.91. The predicted octanol–water partition coefficient (Wildman–Crippen LogP) is 3.27. The van der Waals surface area contributed by atoms with Crippen molar-refractivity contribution >= 4 is 28.7 Å². The number of hydrogen-bond donors (Lipinski definition) is 2. The largest absolute Gasteiger partial charge is 0.375 e. The number of hydrogen-bond acceptors (Lipinski definition) is 5. The van der Waals surface area contributed by atoms with Crippen LogP contribution in [0.4, 0.5) is 5.69 Å². The Morgan fingerprint density at radius 2 is 2.03 bits per heavy atom. The summed E-state index contributed by atoms with van der Waals surface area (Å²) in [6, 6.07) is 11.8. The molecule has 4 heterocycles. The van der Waals surface area contributed by atoms with Gasteiger partial charge in [0.05, 0.1) is 28.9 Å². The number of benzene rings is 1. The maximum absolute atomic E-state index is 11.8. The number of primary amides is 1. The Morgan fingerprint density at radius 1 is 1.22 bits per heavy atom. The van der Waals surface area contributed by atoms with E-state index < -0.39 is 5.91 Å². The summed E-state index contributed by atoms with van der Waals surface area (Å²) in [4.78, 5) is 14.2. The molecule has 1 amide bonds. The highest BCUT2D eigenvalue weighted by Crippen LogP contribution is 2.31. The molecule has 0 aliphatic carbocycles. The van der Waals surface area contributed by atoms with E-state index in [1.54, 1.807) is 6.07 Å². The minimum absolute atomic E-state index is 0.279. The van der Waals surface area contributed by atoms with Crippen LogP contribution in [0.3, 0.4) is 0 Å². The van der Waals surface area contributed by atoms with Crippen LogP contribution in [0.15, 0.2) is 36.4 Å². The molecule has 0 saturated carbocycles. The first kappa shape index (κ1) is 21.2. The van der Waals surface area contributed by atoms with Crippen LogP contribution in [0.1, 0.15) is 28.9 Å². The second-order valence-electron chi connectivity index (χ2n) is 8.69. The van der Waals surface area contributed by atoms with Crippen LogP contribution in [0.25, 0.3) is 16.8 Å². The number of rotatable bonds is 4. The molecule has 7 nitrogen and oxygen atoms in total. The average Bonchev–Trinajstić information content (AvgIpc) is 3.16. The number of fused-ring (bicyclic) bond motifs is 1. The number of carbonyl (C=O) groups excluding carboxylic acids is 1. The van der Waals surface area contributed by atoms with E-state index in [1.165, 1.54) is 10.2 Å². The third-order valence-corrected chi connectivity index (χ3v) is 7.00. The van der Waals surface area contributed by atoms with Crippen LogP contribution in [0.5, 0.6) is 0 Å². The van der Waals surface area contributed by atoms with E-state index in [1.807, 2.05) is 12.1 Å². The first-order chi connectivity index (χ1) is 15.5. The lowest BCUT2D eigenvalue weighted by atomic mass is 9.90. The van der Waals surface area contributed by atoms with E-state index in [-0.39, 0.29) is 5.69 Å². The number of halogens is 1. The zero-order valence-electron chi connectivity index (χ0n) is 18.2. The standard InChI is InChI=1S/C24H28ClN5O2/c1-15-12-17(29-9-6-16(7-10-29)23-14-27-8-11-32-23)2-3-18(15)20-4-5-21-19(25)13-22(24(26)31)30(21)28-20/h2-5,12-13,16,23,27H,6-11,14H2,1H3,(H2,26,31). The lowest BCUT2D eigenvalue weighted by molar-refractivity contribution is -0.0155. The van der Waals surface area contributed by atoms with Gasteiger partial charge in [-0.2, -0.15) is 5.10 Å². The molecule has 2 aromatic heterocycles. The Morgan fingerprint density at radius 3 is 2.72 bits per heavy atom. The number of nitrogens with two attached hydrogens (primary N) is 1. The maximum Gasteiger partial charge on any atom is 0.267 e. The Balaban J connectivity index is 1.35. The number of anilines is 1. The van der Waals surface area contributed by atoms with Gasteiger partial charge in [-0.25, -0.2) is 4.52 Å². The summed E-state index contributed by atoms with van der Waals surface area (Å²) in [5, 5.41) is 8.56. The second kappa shape index (κ2) is 8.73. The quantitative estimate of drug-likeness (QED) is 0.633. The zero-order valence-corrected chi connectivity index (χ0v) is 18.9. The zero-order chi connectivity index (χ0) is 22.2. The van der Waals surface area contributed by atoms with Gasteiger partial charge in [0.25, 0.3) is 5.91 Å². The maximum atomic E-state index is 11.8. The molecular formula is C24H28ClN5O2. The summed E-state index contributed by atoms with van der Waals surface area (Å²) in [5.41, 5.74) is 10.6. The highest BCUT2D eigenvalue weighted by molar-refractivity contribution is 6.34.